The van der Waals surface area contributed by atoms with E-state index in [-0.39, 0.29) is 5.91 Å². The van der Waals surface area contributed by atoms with Crippen molar-refractivity contribution in [1.29, 1.82) is 0 Å². The van der Waals surface area contributed by atoms with Gasteiger partial charge in [-0.2, -0.15) is 0 Å². The molecule has 3 N–H and O–H groups in total. The number of carbonyl (C=O) groups excluding carboxylic acids is 1. The number of benzene rings is 1. The highest BCUT2D eigenvalue weighted by atomic mass is 32.1. The Labute approximate surface area is 131 Å². The predicted molar refractivity (Wildman–Crippen MR) is 88.6 cm³/mol. The van der Waals surface area contributed by atoms with Gasteiger partial charge in [-0.3, -0.25) is 4.79 Å². The van der Waals surface area contributed by atoms with Crippen LogP contribution in [0.5, 0.6) is 5.75 Å². The summed E-state index contributed by atoms with van der Waals surface area (Å²) in [4.78, 5) is 13.7. The van der Waals surface area contributed by atoms with Gasteiger partial charge in [0.25, 0.3) is 0 Å². The summed E-state index contributed by atoms with van der Waals surface area (Å²) < 4.78 is 5.66. The minimum atomic E-state index is 0.0520. The monoisotopic (exact) mass is 309 g/mol. The topological polar surface area (TPSA) is 67.6 Å². The van der Waals surface area contributed by atoms with E-state index in [9.17, 15) is 4.79 Å². The van der Waals surface area contributed by atoms with Gasteiger partial charge in [-0.1, -0.05) is 24.4 Å². The molecule has 116 valence electrons. The van der Waals surface area contributed by atoms with Gasteiger partial charge in [0.05, 0.1) is 4.99 Å². The van der Waals surface area contributed by atoms with Crippen LogP contribution in [0.3, 0.4) is 0 Å². The Hall–Kier alpha value is -1.66. The van der Waals surface area contributed by atoms with Crippen LogP contribution in [0.1, 0.15) is 12.0 Å². The normalized spacial score (nSPS) is 10.4. The second-order valence-electron chi connectivity index (χ2n) is 4.86. The van der Waals surface area contributed by atoms with Crippen molar-refractivity contribution in [2.24, 2.45) is 5.73 Å². The van der Waals surface area contributed by atoms with Crippen LogP contribution in [-0.2, 0) is 11.2 Å². The third-order valence-electron chi connectivity index (χ3n) is 3.04. The van der Waals surface area contributed by atoms with Crippen LogP contribution in [0.25, 0.3) is 0 Å². The van der Waals surface area contributed by atoms with Crippen LogP contribution in [0.2, 0.25) is 0 Å². The Morgan fingerprint density at radius 3 is 2.57 bits per heavy atom. The number of nitrogens with zero attached hydrogens (tertiary/aromatic N) is 1. The van der Waals surface area contributed by atoms with Crippen LogP contribution in [0, 0.1) is 0 Å². The maximum absolute atomic E-state index is 11.1. The van der Waals surface area contributed by atoms with Gasteiger partial charge >= 0.3 is 0 Å². The molecule has 1 amide bonds. The van der Waals surface area contributed by atoms with E-state index in [1.807, 2.05) is 31.3 Å². The molecule has 1 aromatic carbocycles. The van der Waals surface area contributed by atoms with E-state index in [4.69, 9.17) is 22.7 Å². The zero-order valence-electron chi connectivity index (χ0n) is 12.6. The Kier molecular flexibility index (Phi) is 7.71. The highest BCUT2D eigenvalue weighted by molar-refractivity contribution is 7.80. The van der Waals surface area contributed by atoms with E-state index in [0.29, 0.717) is 24.4 Å². The first-order valence-corrected chi connectivity index (χ1v) is 7.31. The molecule has 5 nitrogen and oxygen atoms in total. The fourth-order valence-corrected chi connectivity index (χ4v) is 1.92. The molecular weight excluding hydrogens is 286 g/mol. The molecule has 0 saturated carbocycles. The number of hydrogen-bond acceptors (Lipinski definition) is 4. The molecule has 0 bridgehead atoms. The van der Waals surface area contributed by atoms with Gasteiger partial charge in [-0.25, -0.2) is 0 Å². The maximum atomic E-state index is 11.1. The molecule has 0 spiro atoms. The van der Waals surface area contributed by atoms with Crippen molar-refractivity contribution >= 4 is 23.1 Å². The largest absolute Gasteiger partial charge is 0.492 e. The highest BCUT2D eigenvalue weighted by Gasteiger charge is 2.03. The number of hydrogen-bond donors (Lipinski definition) is 2. The molecule has 0 saturated heterocycles. The Morgan fingerprint density at radius 1 is 1.33 bits per heavy atom. The first kappa shape index (κ1) is 17.4. The van der Waals surface area contributed by atoms with Crippen molar-refractivity contribution < 1.29 is 9.53 Å². The maximum Gasteiger partial charge on any atom is 0.221 e. The average molecular weight is 309 g/mol. The molecule has 21 heavy (non-hydrogen) atoms. The van der Waals surface area contributed by atoms with Crippen LogP contribution in [-0.4, -0.2) is 49.6 Å². The molecule has 0 aliphatic rings. The second kappa shape index (κ2) is 9.31. The van der Waals surface area contributed by atoms with E-state index in [0.717, 1.165) is 24.4 Å². The van der Waals surface area contributed by atoms with E-state index in [1.165, 1.54) is 0 Å². The molecule has 0 aromatic heterocycles. The van der Waals surface area contributed by atoms with E-state index >= 15 is 0 Å². The lowest BCUT2D eigenvalue weighted by Crippen LogP contribution is -2.29. The summed E-state index contributed by atoms with van der Waals surface area (Å²) >= 11 is 4.87. The van der Waals surface area contributed by atoms with Gasteiger partial charge < -0.3 is 20.7 Å². The summed E-state index contributed by atoms with van der Waals surface area (Å²) in [5.74, 6) is 0.873. The number of thiocarbonyl (C=S) groups is 1. The van der Waals surface area contributed by atoms with E-state index in [2.05, 4.69) is 10.2 Å². The van der Waals surface area contributed by atoms with Crippen LogP contribution < -0.4 is 15.8 Å². The molecule has 0 aliphatic heterocycles. The standard InChI is InChI=1S/C15H23N3O2S/c1-17-15(19)7-8-18(2)9-10-20-13-5-3-12(4-6-13)11-14(16)21/h3-6H,7-11H2,1-2H3,(H2,16,21)(H,17,19). The summed E-state index contributed by atoms with van der Waals surface area (Å²) in [6.45, 7) is 2.07. The average Bonchev–Trinajstić information content (AvgIpc) is 2.46. The second-order valence-corrected chi connectivity index (χ2v) is 5.39. The van der Waals surface area contributed by atoms with Gasteiger partial charge in [0.1, 0.15) is 12.4 Å². The summed E-state index contributed by atoms with van der Waals surface area (Å²) in [6, 6.07) is 7.75. The van der Waals surface area contributed by atoms with Crippen molar-refractivity contribution in [2.75, 3.05) is 33.8 Å². The quantitative estimate of drug-likeness (QED) is 0.665. The molecule has 0 aliphatic carbocycles. The van der Waals surface area contributed by atoms with Crippen LogP contribution >= 0.6 is 12.2 Å². The van der Waals surface area contributed by atoms with Crippen molar-refractivity contribution in [3.8, 4) is 5.75 Å². The van der Waals surface area contributed by atoms with Gasteiger partial charge in [-0.05, 0) is 24.7 Å². The smallest absolute Gasteiger partial charge is 0.221 e. The first-order chi connectivity index (χ1) is 10.0. The van der Waals surface area contributed by atoms with Crippen molar-refractivity contribution in [1.82, 2.24) is 10.2 Å². The van der Waals surface area contributed by atoms with Gasteiger partial charge in [0.15, 0.2) is 0 Å². The lowest BCUT2D eigenvalue weighted by Gasteiger charge is -2.16. The zero-order chi connectivity index (χ0) is 15.7. The van der Waals surface area contributed by atoms with Crippen molar-refractivity contribution in [3.05, 3.63) is 29.8 Å². The molecule has 0 radical (unpaired) electrons. The van der Waals surface area contributed by atoms with E-state index < -0.39 is 0 Å². The van der Waals surface area contributed by atoms with Crippen molar-refractivity contribution in [3.63, 3.8) is 0 Å². The van der Waals surface area contributed by atoms with E-state index in [1.54, 1.807) is 7.05 Å². The summed E-state index contributed by atoms with van der Waals surface area (Å²) in [5, 5.41) is 2.61. The van der Waals surface area contributed by atoms with Gasteiger partial charge in [0, 0.05) is 33.0 Å². The summed E-state index contributed by atoms with van der Waals surface area (Å²) in [6.07, 6.45) is 1.11. The lowest BCUT2D eigenvalue weighted by molar-refractivity contribution is -0.120. The Bertz CT molecular complexity index is 462. The third-order valence-corrected chi connectivity index (χ3v) is 3.19. The number of rotatable bonds is 9. The van der Waals surface area contributed by atoms with Gasteiger partial charge in [-0.15, -0.1) is 0 Å². The third kappa shape index (κ3) is 7.63. The molecular formula is C15H23N3O2S. The van der Waals surface area contributed by atoms with Crippen LogP contribution in [0.4, 0.5) is 0 Å². The molecule has 0 heterocycles. The summed E-state index contributed by atoms with van der Waals surface area (Å²) in [5.41, 5.74) is 6.58. The molecule has 0 fully saturated rings. The SMILES string of the molecule is CNC(=O)CCN(C)CCOc1ccc(CC(N)=S)cc1. The molecule has 0 atom stereocenters. The Balaban J connectivity index is 2.25. The fraction of sp³-hybridized carbons (Fsp3) is 0.467. The minimum absolute atomic E-state index is 0.0520. The lowest BCUT2D eigenvalue weighted by atomic mass is 10.1. The van der Waals surface area contributed by atoms with Crippen LogP contribution in [0.15, 0.2) is 24.3 Å². The minimum Gasteiger partial charge on any atom is -0.492 e. The predicted octanol–water partition coefficient (Wildman–Crippen LogP) is 0.962. The number of carbonyl (C=O) groups is 1. The number of likely N-dealkylation sites (N-methyl/N-ethyl adjacent to an activating group) is 1. The van der Waals surface area contributed by atoms with Crippen molar-refractivity contribution in [2.45, 2.75) is 12.8 Å². The molecule has 1 rings (SSSR count). The number of nitrogens with two attached hydrogens (primary N) is 1. The molecule has 6 heteroatoms. The first-order valence-electron chi connectivity index (χ1n) is 6.90. The fourth-order valence-electron chi connectivity index (χ4n) is 1.75. The highest BCUT2D eigenvalue weighted by Crippen LogP contribution is 2.12. The molecule has 0 unspecified atom stereocenters. The Morgan fingerprint density at radius 2 is 2.00 bits per heavy atom. The summed E-state index contributed by atoms with van der Waals surface area (Å²) in [7, 11) is 3.62. The number of nitrogens with one attached hydrogen (secondary N) is 1. The van der Waals surface area contributed by atoms with Gasteiger partial charge in [0.2, 0.25) is 5.91 Å². The zero-order valence-corrected chi connectivity index (χ0v) is 13.4. The number of ether oxygens (including phenoxy) is 1. The molecule has 1 aromatic rings. The number of amides is 1.